The minimum absolute atomic E-state index is 0.234. The summed E-state index contributed by atoms with van der Waals surface area (Å²) in [5, 5.41) is 11.2. The van der Waals surface area contributed by atoms with Crippen molar-refractivity contribution >= 4 is 17.6 Å². The second-order valence-electron chi connectivity index (χ2n) is 6.12. The molecule has 4 atom stereocenters. The lowest BCUT2D eigenvalue weighted by atomic mass is 9.94. The average Bonchev–Trinajstić information content (AvgIpc) is 2.97. The Morgan fingerprint density at radius 1 is 1.38 bits per heavy atom. The van der Waals surface area contributed by atoms with Crippen molar-refractivity contribution in [1.82, 2.24) is 0 Å². The molecule has 3 rings (SSSR count). The second kappa shape index (κ2) is 6.03. The van der Waals surface area contributed by atoms with Crippen LogP contribution in [0.25, 0.3) is 0 Å². The molecule has 0 amide bonds. The van der Waals surface area contributed by atoms with Gasteiger partial charge in [0.1, 0.15) is 12.7 Å². The van der Waals surface area contributed by atoms with E-state index in [1.54, 1.807) is 26.0 Å². The fraction of sp³-hybridized carbons (Fsp3) is 0.471. The number of hydrogen-bond donors (Lipinski definition) is 1. The van der Waals surface area contributed by atoms with Crippen LogP contribution >= 0.6 is 11.6 Å². The predicted molar refractivity (Wildman–Crippen MR) is 84.2 cm³/mol. The molecule has 2 aliphatic heterocycles. The Balaban J connectivity index is 1.67. The Kier molecular flexibility index (Phi) is 4.32. The van der Waals surface area contributed by atoms with E-state index < -0.39 is 35.9 Å². The SMILES string of the molecule is C#CC1(O)C(COC(=O)c2ccc(Cl)cc2)OC2OC(C)(C)OC21. The number of rotatable bonds is 3. The molecule has 2 heterocycles. The summed E-state index contributed by atoms with van der Waals surface area (Å²) in [7, 11) is 0. The smallest absolute Gasteiger partial charge is 0.338 e. The van der Waals surface area contributed by atoms with Crippen LogP contribution in [0.1, 0.15) is 24.2 Å². The molecule has 2 fully saturated rings. The average molecular weight is 353 g/mol. The molecule has 7 heteroatoms. The van der Waals surface area contributed by atoms with E-state index in [0.717, 1.165) is 0 Å². The Bertz CT molecular complexity index is 679. The molecule has 0 spiro atoms. The molecule has 128 valence electrons. The van der Waals surface area contributed by atoms with E-state index in [2.05, 4.69) is 5.92 Å². The van der Waals surface area contributed by atoms with Crippen molar-refractivity contribution in [2.75, 3.05) is 6.61 Å². The molecule has 0 radical (unpaired) electrons. The first kappa shape index (κ1) is 17.2. The van der Waals surface area contributed by atoms with Crippen molar-refractivity contribution in [2.45, 2.75) is 43.7 Å². The molecule has 6 nitrogen and oxygen atoms in total. The van der Waals surface area contributed by atoms with E-state index in [-0.39, 0.29) is 6.61 Å². The first-order chi connectivity index (χ1) is 11.2. The molecule has 2 saturated heterocycles. The molecule has 0 aromatic heterocycles. The van der Waals surface area contributed by atoms with Gasteiger partial charge in [-0.2, -0.15) is 0 Å². The summed E-state index contributed by atoms with van der Waals surface area (Å²) in [6.07, 6.45) is 2.84. The summed E-state index contributed by atoms with van der Waals surface area (Å²) in [5.74, 6) is 0.801. The number of carbonyl (C=O) groups is 1. The third-order valence-electron chi connectivity index (χ3n) is 3.96. The number of hydrogen-bond acceptors (Lipinski definition) is 6. The van der Waals surface area contributed by atoms with Gasteiger partial charge in [-0.15, -0.1) is 6.42 Å². The normalized spacial score (nSPS) is 33.7. The number of ether oxygens (including phenoxy) is 4. The van der Waals surface area contributed by atoms with E-state index >= 15 is 0 Å². The minimum Gasteiger partial charge on any atom is -0.459 e. The van der Waals surface area contributed by atoms with Crippen LogP contribution in [0.4, 0.5) is 0 Å². The van der Waals surface area contributed by atoms with Crippen LogP contribution in [0.5, 0.6) is 0 Å². The molecule has 1 N–H and O–H groups in total. The highest BCUT2D eigenvalue weighted by molar-refractivity contribution is 6.30. The van der Waals surface area contributed by atoms with Crippen molar-refractivity contribution in [3.05, 3.63) is 34.9 Å². The van der Waals surface area contributed by atoms with Crippen LogP contribution < -0.4 is 0 Å². The van der Waals surface area contributed by atoms with E-state index in [1.165, 1.54) is 12.1 Å². The number of benzene rings is 1. The largest absolute Gasteiger partial charge is 0.459 e. The Hall–Kier alpha value is -1.62. The predicted octanol–water partition coefficient (Wildman–Crippen LogP) is 1.74. The lowest BCUT2D eigenvalue weighted by molar-refractivity contribution is -0.225. The van der Waals surface area contributed by atoms with Crippen LogP contribution in [0, 0.1) is 12.3 Å². The first-order valence-electron chi connectivity index (χ1n) is 7.39. The molecule has 2 aliphatic rings. The van der Waals surface area contributed by atoms with E-state index in [9.17, 15) is 9.90 Å². The molecule has 0 aliphatic carbocycles. The van der Waals surface area contributed by atoms with E-state index in [4.69, 9.17) is 37.0 Å². The second-order valence-corrected chi connectivity index (χ2v) is 6.56. The van der Waals surface area contributed by atoms with Crippen molar-refractivity contribution in [2.24, 2.45) is 0 Å². The van der Waals surface area contributed by atoms with Crippen LogP contribution in [0.2, 0.25) is 5.02 Å². The number of esters is 1. The van der Waals surface area contributed by atoms with Gasteiger partial charge >= 0.3 is 5.97 Å². The third kappa shape index (κ3) is 3.02. The zero-order chi connectivity index (χ0) is 17.5. The molecule has 0 saturated carbocycles. The molecule has 0 bridgehead atoms. The fourth-order valence-corrected chi connectivity index (χ4v) is 2.86. The third-order valence-corrected chi connectivity index (χ3v) is 4.21. The van der Waals surface area contributed by atoms with Crippen LogP contribution in [0.15, 0.2) is 24.3 Å². The highest BCUT2D eigenvalue weighted by Crippen LogP contribution is 2.42. The lowest BCUT2D eigenvalue weighted by Crippen LogP contribution is -2.49. The van der Waals surface area contributed by atoms with Gasteiger partial charge in [0.05, 0.1) is 5.56 Å². The standard InChI is InChI=1S/C17H17ClO6/c1-4-17(20)12(22-15-13(17)23-16(2,3)24-15)9-21-14(19)10-5-7-11(18)8-6-10/h1,5-8,12-13,15,20H,9H2,2-3H3. The highest BCUT2D eigenvalue weighted by atomic mass is 35.5. The summed E-state index contributed by atoms with van der Waals surface area (Å²) in [6.45, 7) is 3.16. The Morgan fingerprint density at radius 3 is 2.67 bits per heavy atom. The maximum absolute atomic E-state index is 12.0. The van der Waals surface area contributed by atoms with Gasteiger partial charge in [-0.05, 0) is 38.1 Å². The van der Waals surface area contributed by atoms with E-state index in [0.29, 0.717) is 10.6 Å². The molecule has 1 aromatic rings. The molecular formula is C17H17ClO6. The van der Waals surface area contributed by atoms with Crippen LogP contribution in [-0.2, 0) is 18.9 Å². The number of terminal acetylenes is 1. The fourth-order valence-electron chi connectivity index (χ4n) is 2.74. The number of aliphatic hydroxyl groups is 1. The lowest BCUT2D eigenvalue weighted by Gasteiger charge is -2.29. The van der Waals surface area contributed by atoms with Gasteiger partial charge in [0.15, 0.2) is 23.8 Å². The van der Waals surface area contributed by atoms with Gasteiger partial charge in [-0.1, -0.05) is 17.5 Å². The van der Waals surface area contributed by atoms with Gasteiger partial charge in [-0.3, -0.25) is 0 Å². The van der Waals surface area contributed by atoms with Gasteiger partial charge < -0.3 is 24.1 Å². The van der Waals surface area contributed by atoms with Gasteiger partial charge in [0.25, 0.3) is 0 Å². The summed E-state index contributed by atoms with van der Waals surface area (Å²) in [4.78, 5) is 12.0. The highest BCUT2D eigenvalue weighted by Gasteiger charge is 2.63. The van der Waals surface area contributed by atoms with Gasteiger partial charge in [-0.25, -0.2) is 4.79 Å². The van der Waals surface area contributed by atoms with Crippen LogP contribution in [0.3, 0.4) is 0 Å². The van der Waals surface area contributed by atoms with Gasteiger partial charge in [0, 0.05) is 5.02 Å². The molecule has 24 heavy (non-hydrogen) atoms. The van der Waals surface area contributed by atoms with Crippen molar-refractivity contribution in [1.29, 1.82) is 0 Å². The minimum atomic E-state index is -1.75. The van der Waals surface area contributed by atoms with Crippen molar-refractivity contribution < 1.29 is 28.8 Å². The molecular weight excluding hydrogens is 336 g/mol. The monoisotopic (exact) mass is 352 g/mol. The number of halogens is 1. The maximum Gasteiger partial charge on any atom is 0.338 e. The van der Waals surface area contributed by atoms with Gasteiger partial charge in [0.2, 0.25) is 0 Å². The number of fused-ring (bicyclic) bond motifs is 1. The topological polar surface area (TPSA) is 74.2 Å². The van der Waals surface area contributed by atoms with Crippen molar-refractivity contribution in [3.8, 4) is 12.3 Å². The zero-order valence-corrected chi connectivity index (χ0v) is 13.9. The summed E-state index contributed by atoms with van der Waals surface area (Å²) >= 11 is 5.78. The summed E-state index contributed by atoms with van der Waals surface area (Å²) in [6, 6.07) is 6.24. The van der Waals surface area contributed by atoms with Crippen molar-refractivity contribution in [3.63, 3.8) is 0 Å². The molecule has 4 unspecified atom stereocenters. The number of carbonyl (C=O) groups excluding carboxylic acids is 1. The quantitative estimate of drug-likeness (QED) is 0.659. The maximum atomic E-state index is 12.0. The zero-order valence-electron chi connectivity index (χ0n) is 13.2. The van der Waals surface area contributed by atoms with E-state index in [1.807, 2.05) is 0 Å². The summed E-state index contributed by atoms with van der Waals surface area (Å²) in [5.41, 5.74) is -1.42. The Labute approximate surface area is 144 Å². The Morgan fingerprint density at radius 2 is 2.04 bits per heavy atom. The first-order valence-corrected chi connectivity index (χ1v) is 7.77. The summed E-state index contributed by atoms with van der Waals surface area (Å²) < 4.78 is 22.0. The van der Waals surface area contributed by atoms with Crippen LogP contribution in [-0.4, -0.2) is 47.6 Å². The molecule has 1 aromatic carbocycles.